The maximum Gasteiger partial charge on any atom is 0.141 e. The summed E-state index contributed by atoms with van der Waals surface area (Å²) in [6, 6.07) is 0. The minimum atomic E-state index is -0.236. The smallest absolute Gasteiger partial charge is 0.141 e. The summed E-state index contributed by atoms with van der Waals surface area (Å²) in [5, 5.41) is 0. The summed E-state index contributed by atoms with van der Waals surface area (Å²) in [6.07, 6.45) is 8.60. The van der Waals surface area contributed by atoms with Gasteiger partial charge in [0, 0.05) is 19.1 Å². The van der Waals surface area contributed by atoms with Crippen molar-refractivity contribution in [2.45, 2.75) is 64.2 Å². The monoisotopic (exact) mass is 280 g/mol. The molecule has 0 aliphatic carbocycles. The van der Waals surface area contributed by atoms with E-state index < -0.39 is 0 Å². The lowest BCUT2D eigenvalue weighted by Crippen LogP contribution is -2.36. The van der Waals surface area contributed by atoms with Gasteiger partial charge in [-0.25, -0.2) is 0 Å². The number of alkyl halides is 1. The second kappa shape index (κ2) is 11.5. The Hall–Kier alpha value is 0.427. The lowest BCUT2D eigenvalue weighted by Gasteiger charge is -2.29. The van der Waals surface area contributed by atoms with Crippen molar-refractivity contribution >= 4 is 21.8 Å². The lowest BCUT2D eigenvalue weighted by atomic mass is 10.1. The van der Waals surface area contributed by atoms with Gasteiger partial charge in [0.05, 0.1) is 10.2 Å². The predicted octanol–water partition coefficient (Wildman–Crippen LogP) is 3.05. The Bertz CT molecular complexity index is 161. The molecule has 0 aliphatic rings. The molecule has 0 fully saturated rings. The van der Waals surface area contributed by atoms with Gasteiger partial charge < -0.3 is 9.47 Å². The van der Waals surface area contributed by atoms with Crippen LogP contribution in [0.5, 0.6) is 0 Å². The van der Waals surface area contributed by atoms with Crippen LogP contribution in [0.25, 0.3) is 0 Å². The molecule has 0 aromatic carbocycles. The molecule has 0 aromatic rings. The van der Waals surface area contributed by atoms with Crippen molar-refractivity contribution in [3.05, 3.63) is 0 Å². The van der Waals surface area contributed by atoms with Gasteiger partial charge in [-0.05, 0) is 33.1 Å². The molecule has 0 atom stereocenters. The third-order valence-electron chi connectivity index (χ3n) is 2.91. The van der Waals surface area contributed by atoms with Crippen molar-refractivity contribution in [1.29, 1.82) is 0 Å². The zero-order valence-electron chi connectivity index (χ0n) is 11.8. The zero-order chi connectivity index (χ0) is 13.0. The van der Waals surface area contributed by atoms with E-state index in [1.807, 2.05) is 13.8 Å². The van der Waals surface area contributed by atoms with E-state index in [0.717, 1.165) is 42.2 Å². The predicted molar refractivity (Wildman–Crippen MR) is 79.0 cm³/mol. The summed E-state index contributed by atoms with van der Waals surface area (Å²) in [6.45, 7) is 5.58. The van der Waals surface area contributed by atoms with Crippen LogP contribution in [0.3, 0.4) is 0 Å². The Morgan fingerprint density at radius 1 is 0.882 bits per heavy atom. The highest BCUT2D eigenvalue weighted by molar-refractivity contribution is 6.17. The highest BCUT2D eigenvalue weighted by Crippen LogP contribution is 2.19. The van der Waals surface area contributed by atoms with Gasteiger partial charge in [0.2, 0.25) is 0 Å². The van der Waals surface area contributed by atoms with Gasteiger partial charge in [-0.2, -0.15) is 0 Å². The van der Waals surface area contributed by atoms with Gasteiger partial charge in [0.25, 0.3) is 0 Å². The molecular weight excluding hydrogens is 252 g/mol. The van der Waals surface area contributed by atoms with Crippen LogP contribution < -0.4 is 0 Å². The van der Waals surface area contributed by atoms with Crippen LogP contribution in [0.4, 0.5) is 0 Å². The van der Waals surface area contributed by atoms with Crippen LogP contribution in [-0.2, 0) is 9.47 Å². The maximum absolute atomic E-state index is 5.74. The van der Waals surface area contributed by atoms with Crippen LogP contribution in [0.2, 0.25) is 0 Å². The molecule has 0 saturated heterocycles. The molecule has 2 nitrogen and oxygen atoms in total. The number of halogens is 1. The number of hydrogen-bond acceptors (Lipinski definition) is 2. The molecule has 0 radical (unpaired) electrons. The molecule has 0 spiro atoms. The summed E-state index contributed by atoms with van der Waals surface area (Å²) in [5.41, 5.74) is -0.236. The first-order chi connectivity index (χ1) is 8.18. The topological polar surface area (TPSA) is 18.5 Å². The molecule has 0 N–H and O–H groups in total. The molecule has 17 heavy (non-hydrogen) atoms. The standard InChI is InChI=1S/C13H29ClO2Si/c1-3-15-13(17,16-4-2)11-9-7-5-6-8-10-12-14/h3-12H2,1-2,17H3. The number of ether oxygens (including phenoxy) is 2. The Balaban J connectivity index is 3.54. The van der Waals surface area contributed by atoms with Gasteiger partial charge in [0.1, 0.15) is 5.41 Å². The number of hydrogen-bond donors (Lipinski definition) is 0. The summed E-state index contributed by atoms with van der Waals surface area (Å²) >= 11 is 5.64. The van der Waals surface area contributed by atoms with Crippen molar-refractivity contribution < 1.29 is 9.47 Å². The van der Waals surface area contributed by atoms with Crippen molar-refractivity contribution in [2.75, 3.05) is 19.1 Å². The van der Waals surface area contributed by atoms with E-state index in [2.05, 4.69) is 0 Å². The number of unbranched alkanes of at least 4 members (excludes halogenated alkanes) is 5. The fourth-order valence-electron chi connectivity index (χ4n) is 2.04. The molecule has 104 valence electrons. The van der Waals surface area contributed by atoms with E-state index in [9.17, 15) is 0 Å². The Morgan fingerprint density at radius 3 is 1.82 bits per heavy atom. The molecule has 0 unspecified atom stereocenters. The fourth-order valence-corrected chi connectivity index (χ4v) is 3.16. The zero-order valence-corrected chi connectivity index (χ0v) is 14.5. The van der Waals surface area contributed by atoms with Crippen LogP contribution in [-0.4, -0.2) is 34.7 Å². The largest absolute Gasteiger partial charge is 0.355 e. The molecular formula is C13H29ClO2Si. The highest BCUT2D eigenvalue weighted by atomic mass is 35.5. The molecule has 0 saturated carbocycles. The van der Waals surface area contributed by atoms with E-state index in [0.29, 0.717) is 0 Å². The normalized spacial score (nSPS) is 12.2. The lowest BCUT2D eigenvalue weighted by molar-refractivity contribution is -0.177. The maximum atomic E-state index is 5.74. The Labute approximate surface area is 115 Å². The Morgan fingerprint density at radius 2 is 1.35 bits per heavy atom. The minimum Gasteiger partial charge on any atom is -0.355 e. The van der Waals surface area contributed by atoms with Crippen LogP contribution in [0, 0.1) is 0 Å². The molecule has 0 aliphatic heterocycles. The third-order valence-corrected chi connectivity index (χ3v) is 4.26. The van der Waals surface area contributed by atoms with E-state index in [4.69, 9.17) is 21.1 Å². The first-order valence-corrected chi connectivity index (χ1v) is 8.56. The van der Waals surface area contributed by atoms with Crippen LogP contribution >= 0.6 is 11.6 Å². The second-order valence-electron chi connectivity index (χ2n) is 4.56. The third kappa shape index (κ3) is 10.1. The van der Waals surface area contributed by atoms with Gasteiger partial charge >= 0.3 is 0 Å². The Kier molecular flexibility index (Phi) is 11.8. The van der Waals surface area contributed by atoms with Crippen molar-refractivity contribution in [3.8, 4) is 0 Å². The number of rotatable bonds is 12. The summed E-state index contributed by atoms with van der Waals surface area (Å²) in [4.78, 5) is 0. The van der Waals surface area contributed by atoms with Gasteiger partial charge in [0.15, 0.2) is 0 Å². The second-order valence-corrected chi connectivity index (χ2v) is 6.46. The van der Waals surface area contributed by atoms with Crippen LogP contribution in [0.1, 0.15) is 58.8 Å². The van der Waals surface area contributed by atoms with Gasteiger partial charge in [-0.15, -0.1) is 11.6 Å². The van der Waals surface area contributed by atoms with Crippen molar-refractivity contribution in [2.24, 2.45) is 0 Å². The molecule has 0 aromatic heterocycles. The van der Waals surface area contributed by atoms with E-state index in [-0.39, 0.29) is 5.41 Å². The highest BCUT2D eigenvalue weighted by Gasteiger charge is 2.23. The van der Waals surface area contributed by atoms with Crippen molar-refractivity contribution in [3.63, 3.8) is 0 Å². The first-order valence-electron chi connectivity index (χ1n) is 7.02. The fraction of sp³-hybridized carbons (Fsp3) is 1.00. The first kappa shape index (κ1) is 17.4. The van der Waals surface area contributed by atoms with Crippen LogP contribution in [0.15, 0.2) is 0 Å². The minimum absolute atomic E-state index is 0.236. The average molecular weight is 281 g/mol. The summed E-state index contributed by atoms with van der Waals surface area (Å²) < 4.78 is 11.5. The average Bonchev–Trinajstić information content (AvgIpc) is 2.28. The van der Waals surface area contributed by atoms with E-state index in [1.165, 1.54) is 32.1 Å². The molecule has 4 heteroatoms. The summed E-state index contributed by atoms with van der Waals surface area (Å²) in [7, 11) is 0.946. The summed E-state index contributed by atoms with van der Waals surface area (Å²) in [5.74, 6) is 0.804. The van der Waals surface area contributed by atoms with Gasteiger partial charge in [-0.1, -0.05) is 25.7 Å². The van der Waals surface area contributed by atoms with Crippen molar-refractivity contribution in [1.82, 2.24) is 0 Å². The molecule has 0 rings (SSSR count). The van der Waals surface area contributed by atoms with E-state index >= 15 is 0 Å². The quantitative estimate of drug-likeness (QED) is 0.237. The SMILES string of the molecule is CCOC([SiH3])(CCCCCCCCCl)OCC. The molecule has 0 bridgehead atoms. The molecule has 0 amide bonds. The molecule has 0 heterocycles. The van der Waals surface area contributed by atoms with E-state index in [1.54, 1.807) is 0 Å². The van der Waals surface area contributed by atoms with Gasteiger partial charge in [-0.3, -0.25) is 0 Å².